The van der Waals surface area contributed by atoms with Crippen molar-refractivity contribution in [2.75, 3.05) is 44.4 Å². The summed E-state index contributed by atoms with van der Waals surface area (Å²) in [5, 5.41) is 13.3. The highest BCUT2D eigenvalue weighted by molar-refractivity contribution is 6.10. The molecule has 0 spiro atoms. The van der Waals surface area contributed by atoms with Crippen molar-refractivity contribution < 1.29 is 19.4 Å². The van der Waals surface area contributed by atoms with Crippen molar-refractivity contribution in [2.45, 2.75) is 32.8 Å². The Bertz CT molecular complexity index is 1230. The van der Waals surface area contributed by atoms with Crippen LogP contribution in [0.25, 0.3) is 11.1 Å². The van der Waals surface area contributed by atoms with Gasteiger partial charge in [-0.15, -0.1) is 0 Å². The van der Waals surface area contributed by atoms with Crippen LogP contribution in [-0.2, 0) is 4.74 Å². The fraction of sp³-hybridized carbons (Fsp3) is 0.333. The number of anilines is 2. The van der Waals surface area contributed by atoms with Crippen LogP contribution in [0.3, 0.4) is 0 Å². The molecule has 0 unspecified atom stereocenters. The molecule has 0 aliphatic heterocycles. The summed E-state index contributed by atoms with van der Waals surface area (Å²) in [6.45, 7) is 7.12. The lowest BCUT2D eigenvalue weighted by Gasteiger charge is -2.22. The van der Waals surface area contributed by atoms with Gasteiger partial charge in [-0.2, -0.15) is 0 Å². The normalized spacial score (nSPS) is 11.3. The van der Waals surface area contributed by atoms with Gasteiger partial charge in [0.1, 0.15) is 11.4 Å². The Labute approximate surface area is 219 Å². The van der Waals surface area contributed by atoms with E-state index >= 15 is 0 Å². The van der Waals surface area contributed by atoms with Crippen molar-refractivity contribution in [3.8, 4) is 16.9 Å². The minimum Gasteiger partial charge on any atom is -0.507 e. The Morgan fingerprint density at radius 2 is 1.57 bits per heavy atom. The maximum Gasteiger partial charge on any atom is 0.340 e. The van der Waals surface area contributed by atoms with E-state index < -0.39 is 17.5 Å². The van der Waals surface area contributed by atoms with E-state index in [9.17, 15) is 14.7 Å². The Hall–Kier alpha value is -3.84. The van der Waals surface area contributed by atoms with Crippen LogP contribution < -0.4 is 10.2 Å². The van der Waals surface area contributed by atoms with Gasteiger partial charge in [0, 0.05) is 19.3 Å². The quantitative estimate of drug-likeness (QED) is 0.367. The first-order valence-electron chi connectivity index (χ1n) is 12.4. The number of ether oxygens (including phenoxy) is 1. The fourth-order valence-corrected chi connectivity index (χ4v) is 3.86. The average Bonchev–Trinajstić information content (AvgIpc) is 2.83. The first-order chi connectivity index (χ1) is 17.4. The van der Waals surface area contributed by atoms with Crippen LogP contribution in [0, 0.1) is 0 Å². The number of rotatable bonds is 9. The molecule has 37 heavy (non-hydrogen) atoms. The molecule has 2 N–H and O–H groups in total. The van der Waals surface area contributed by atoms with E-state index in [1.165, 1.54) is 6.07 Å². The number of amides is 1. The first kappa shape index (κ1) is 27.7. The number of aromatic hydroxyl groups is 1. The lowest BCUT2D eigenvalue weighted by molar-refractivity contribution is 0.00707. The van der Waals surface area contributed by atoms with Crippen LogP contribution in [0.2, 0.25) is 0 Å². The van der Waals surface area contributed by atoms with Gasteiger partial charge in [-0.1, -0.05) is 36.4 Å². The molecule has 0 saturated heterocycles. The Balaban J connectivity index is 1.92. The van der Waals surface area contributed by atoms with E-state index in [0.717, 1.165) is 36.3 Å². The molecule has 0 bridgehead atoms. The summed E-state index contributed by atoms with van der Waals surface area (Å²) in [6, 6.07) is 19.9. The monoisotopic (exact) mass is 503 g/mol. The summed E-state index contributed by atoms with van der Waals surface area (Å²) in [7, 11) is 6.01. The zero-order valence-electron chi connectivity index (χ0n) is 22.5. The van der Waals surface area contributed by atoms with Gasteiger partial charge in [0.2, 0.25) is 0 Å². The Morgan fingerprint density at radius 1 is 0.865 bits per heavy atom. The number of hydrogen-bond acceptors (Lipinski definition) is 6. The topological polar surface area (TPSA) is 82.1 Å². The molecule has 0 aliphatic rings. The molecule has 0 atom stereocenters. The Morgan fingerprint density at radius 3 is 2.22 bits per heavy atom. The molecule has 3 aromatic rings. The lowest BCUT2D eigenvalue weighted by Crippen LogP contribution is -2.25. The summed E-state index contributed by atoms with van der Waals surface area (Å²) in [5.74, 6) is -1.20. The smallest absolute Gasteiger partial charge is 0.340 e. The molecule has 0 radical (unpaired) electrons. The van der Waals surface area contributed by atoms with Crippen LogP contribution in [0.4, 0.5) is 11.4 Å². The molecule has 0 aliphatic carbocycles. The minimum atomic E-state index is -0.694. The van der Waals surface area contributed by atoms with Crippen LogP contribution in [0.15, 0.2) is 66.7 Å². The molecule has 3 aromatic carbocycles. The molecule has 3 rings (SSSR count). The van der Waals surface area contributed by atoms with E-state index in [1.807, 2.05) is 62.4 Å². The number of esters is 1. The maximum atomic E-state index is 13.4. The molecule has 7 nitrogen and oxygen atoms in total. The highest BCUT2D eigenvalue weighted by Crippen LogP contribution is 2.30. The van der Waals surface area contributed by atoms with Gasteiger partial charge >= 0.3 is 5.97 Å². The third-order valence-electron chi connectivity index (χ3n) is 5.76. The average molecular weight is 504 g/mol. The lowest BCUT2D eigenvalue weighted by atomic mass is 10.0. The number of phenols is 1. The van der Waals surface area contributed by atoms with Crippen molar-refractivity contribution >= 4 is 23.3 Å². The molecule has 0 fully saturated rings. The summed E-state index contributed by atoms with van der Waals surface area (Å²) in [5.41, 5.74) is 2.56. The largest absolute Gasteiger partial charge is 0.507 e. The summed E-state index contributed by atoms with van der Waals surface area (Å²) in [4.78, 5) is 30.5. The number of carbonyl (C=O) groups is 2. The van der Waals surface area contributed by atoms with Gasteiger partial charge in [0.25, 0.3) is 5.91 Å². The number of phenolic OH excluding ortho intramolecular Hbond substituents is 1. The van der Waals surface area contributed by atoms with Crippen molar-refractivity contribution in [3.63, 3.8) is 0 Å². The number of nitrogens with one attached hydrogen (secondary N) is 1. The van der Waals surface area contributed by atoms with Gasteiger partial charge in [0.15, 0.2) is 0 Å². The predicted molar refractivity (Wildman–Crippen MR) is 150 cm³/mol. The van der Waals surface area contributed by atoms with Gasteiger partial charge < -0.3 is 25.0 Å². The van der Waals surface area contributed by atoms with Crippen molar-refractivity contribution in [1.82, 2.24) is 4.90 Å². The predicted octanol–water partition coefficient (Wildman–Crippen LogP) is 5.65. The van der Waals surface area contributed by atoms with Crippen molar-refractivity contribution in [3.05, 3.63) is 77.9 Å². The van der Waals surface area contributed by atoms with Crippen LogP contribution >= 0.6 is 0 Å². The van der Waals surface area contributed by atoms with E-state index in [-0.39, 0.29) is 16.9 Å². The van der Waals surface area contributed by atoms with Gasteiger partial charge in [-0.05, 0) is 89.3 Å². The van der Waals surface area contributed by atoms with Crippen LogP contribution in [0.5, 0.6) is 5.75 Å². The molecule has 0 heterocycles. The maximum absolute atomic E-state index is 13.4. The standard InChI is InChI=1S/C30H37N3O4/c1-30(2,3)37-29(36)24-15-13-22(21-11-8-7-9-12-21)19-26(24)31-28(35)25-20-23(14-16-27(25)34)33(6)18-10-17-32(4)5/h7-9,11-16,19-20,34H,10,17-18H2,1-6H3,(H,31,35). The van der Waals surface area contributed by atoms with E-state index in [4.69, 9.17) is 4.74 Å². The zero-order valence-corrected chi connectivity index (χ0v) is 22.5. The van der Waals surface area contributed by atoms with Crippen molar-refractivity contribution in [2.24, 2.45) is 0 Å². The first-order valence-corrected chi connectivity index (χ1v) is 12.4. The third kappa shape index (κ3) is 7.82. The van der Waals surface area contributed by atoms with Crippen molar-refractivity contribution in [1.29, 1.82) is 0 Å². The minimum absolute atomic E-state index is 0.122. The fourth-order valence-electron chi connectivity index (χ4n) is 3.86. The molecule has 196 valence electrons. The molecule has 0 saturated carbocycles. The number of hydrogen-bond donors (Lipinski definition) is 2. The molecule has 1 amide bonds. The summed E-state index contributed by atoms with van der Waals surface area (Å²) < 4.78 is 5.58. The number of benzene rings is 3. The molecular weight excluding hydrogens is 466 g/mol. The summed E-state index contributed by atoms with van der Waals surface area (Å²) >= 11 is 0. The second kappa shape index (κ2) is 11.9. The number of nitrogens with zero attached hydrogens (tertiary/aromatic N) is 2. The third-order valence-corrected chi connectivity index (χ3v) is 5.76. The number of carbonyl (C=O) groups excluding carboxylic acids is 2. The highest BCUT2D eigenvalue weighted by atomic mass is 16.6. The Kier molecular flexibility index (Phi) is 8.95. The molecule has 7 heteroatoms. The van der Waals surface area contributed by atoms with E-state index in [1.54, 1.807) is 45.0 Å². The van der Waals surface area contributed by atoms with E-state index in [2.05, 4.69) is 10.2 Å². The second-order valence-corrected chi connectivity index (χ2v) is 10.4. The summed E-state index contributed by atoms with van der Waals surface area (Å²) in [6.07, 6.45) is 0.956. The van der Waals surface area contributed by atoms with Gasteiger partial charge in [-0.25, -0.2) is 4.79 Å². The highest BCUT2D eigenvalue weighted by Gasteiger charge is 2.23. The van der Waals surface area contributed by atoms with Gasteiger partial charge in [0.05, 0.1) is 16.8 Å². The zero-order chi connectivity index (χ0) is 27.2. The SMILES string of the molecule is CN(C)CCCN(C)c1ccc(O)c(C(=O)Nc2cc(-c3ccccc3)ccc2C(=O)OC(C)(C)C)c1. The van der Waals surface area contributed by atoms with E-state index in [0.29, 0.717) is 5.69 Å². The molecular formula is C30H37N3O4. The van der Waals surface area contributed by atoms with Crippen LogP contribution in [-0.4, -0.2) is 61.7 Å². The molecule has 0 aromatic heterocycles. The van der Waals surface area contributed by atoms with Crippen LogP contribution in [0.1, 0.15) is 47.9 Å². The van der Waals surface area contributed by atoms with Gasteiger partial charge in [-0.3, -0.25) is 4.79 Å². The second-order valence-electron chi connectivity index (χ2n) is 10.4.